The van der Waals surface area contributed by atoms with Gasteiger partial charge < -0.3 is 15.4 Å². The third kappa shape index (κ3) is 3.44. The lowest BCUT2D eigenvalue weighted by molar-refractivity contribution is -0.135. The second kappa shape index (κ2) is 6.84. The third-order valence-corrected chi connectivity index (χ3v) is 4.41. The van der Waals surface area contributed by atoms with Crippen LogP contribution >= 0.6 is 0 Å². The summed E-state index contributed by atoms with van der Waals surface area (Å²) in [5.41, 5.74) is 6.67. The Labute approximate surface area is 149 Å². The molecule has 0 aliphatic carbocycles. The largest absolute Gasteiger partial charge is 0.488 e. The van der Waals surface area contributed by atoms with Gasteiger partial charge in [0.25, 0.3) is 5.92 Å². The topological polar surface area (TPSA) is 92.2 Å². The van der Waals surface area contributed by atoms with Crippen molar-refractivity contribution in [3.05, 3.63) is 36.5 Å². The summed E-state index contributed by atoms with van der Waals surface area (Å²) in [5, 5.41) is 9.79. The summed E-state index contributed by atoms with van der Waals surface area (Å²) >= 11 is 0. The molecule has 6 nitrogen and oxygen atoms in total. The summed E-state index contributed by atoms with van der Waals surface area (Å²) in [6, 6.07) is 8.35. The van der Waals surface area contributed by atoms with Crippen molar-refractivity contribution in [1.29, 1.82) is 5.26 Å². The Hall–Kier alpha value is -2.79. The number of alkyl halides is 2. The second-order valence-corrected chi connectivity index (χ2v) is 6.35. The molecule has 26 heavy (non-hydrogen) atoms. The number of benzene rings is 1. The van der Waals surface area contributed by atoms with E-state index in [1.54, 1.807) is 25.3 Å². The van der Waals surface area contributed by atoms with Crippen molar-refractivity contribution < 1.29 is 18.3 Å². The van der Waals surface area contributed by atoms with Crippen molar-refractivity contribution in [1.82, 2.24) is 9.88 Å². The molecule has 0 saturated carbocycles. The number of para-hydroxylation sites is 1. The molecule has 1 fully saturated rings. The predicted octanol–water partition coefficient (Wildman–Crippen LogP) is 2.09. The molecule has 3 rings (SSSR count). The van der Waals surface area contributed by atoms with Crippen molar-refractivity contribution in [3.8, 4) is 11.8 Å². The molecule has 2 N–H and O–H groups in total. The molecule has 2 unspecified atom stereocenters. The Morgan fingerprint density at radius 3 is 2.92 bits per heavy atom. The first-order valence-corrected chi connectivity index (χ1v) is 8.16. The van der Waals surface area contributed by atoms with Gasteiger partial charge in [-0.2, -0.15) is 5.26 Å². The second-order valence-electron chi connectivity index (χ2n) is 6.35. The predicted molar refractivity (Wildman–Crippen MR) is 90.5 cm³/mol. The van der Waals surface area contributed by atoms with E-state index in [0.29, 0.717) is 5.75 Å². The molecule has 136 valence electrons. The zero-order valence-corrected chi connectivity index (χ0v) is 14.1. The number of nitrogens with zero attached hydrogens (tertiary/aromatic N) is 3. The van der Waals surface area contributed by atoms with Crippen LogP contribution in [0.5, 0.6) is 5.75 Å². The highest BCUT2D eigenvalue weighted by molar-refractivity contribution is 5.85. The first-order valence-electron chi connectivity index (χ1n) is 8.16. The number of hydrogen-bond donors (Lipinski definition) is 1. The van der Waals surface area contributed by atoms with Gasteiger partial charge in [-0.1, -0.05) is 12.1 Å². The lowest BCUT2D eigenvalue weighted by Gasteiger charge is -2.27. The molecule has 1 aliphatic rings. The standard InChI is InChI=1S/C18H18F2N4O2/c1-11(26-15-6-7-23-14-5-3-2-4-13(14)15)16(22)17(25)24-10-18(19,20)8-12(24)9-21/h2-7,11-12,16H,8,10,22H2,1H3/t11?,12-,16?/m0/s1. The number of ether oxygens (including phenoxy) is 1. The molecule has 0 spiro atoms. The van der Waals surface area contributed by atoms with Crippen molar-refractivity contribution in [2.24, 2.45) is 5.73 Å². The minimum Gasteiger partial charge on any atom is -0.488 e. The molecule has 1 saturated heterocycles. The van der Waals surface area contributed by atoms with Gasteiger partial charge in [-0.3, -0.25) is 9.78 Å². The van der Waals surface area contributed by atoms with Gasteiger partial charge in [-0.25, -0.2) is 8.78 Å². The van der Waals surface area contributed by atoms with Gasteiger partial charge in [0.2, 0.25) is 5.91 Å². The average Bonchev–Trinajstić information content (AvgIpc) is 2.95. The SMILES string of the molecule is CC(Oc1ccnc2ccccc12)C(N)C(=O)N1CC(F)(F)C[C@H]1C#N. The van der Waals surface area contributed by atoms with Crippen LogP contribution in [0.2, 0.25) is 0 Å². The highest BCUT2D eigenvalue weighted by atomic mass is 19.3. The smallest absolute Gasteiger partial charge is 0.268 e. The Morgan fingerprint density at radius 2 is 2.19 bits per heavy atom. The number of rotatable bonds is 4. The van der Waals surface area contributed by atoms with E-state index in [2.05, 4.69) is 4.98 Å². The van der Waals surface area contributed by atoms with E-state index in [0.717, 1.165) is 15.8 Å². The van der Waals surface area contributed by atoms with Gasteiger partial charge in [0.15, 0.2) is 0 Å². The normalized spacial score (nSPS) is 21.2. The zero-order valence-electron chi connectivity index (χ0n) is 14.1. The van der Waals surface area contributed by atoms with E-state index < -0.39 is 43.0 Å². The average molecular weight is 360 g/mol. The van der Waals surface area contributed by atoms with Crippen LogP contribution in [0.25, 0.3) is 10.9 Å². The summed E-state index contributed by atoms with van der Waals surface area (Å²) in [6.45, 7) is 0.788. The molecular weight excluding hydrogens is 342 g/mol. The Balaban J connectivity index is 1.76. The highest BCUT2D eigenvalue weighted by Crippen LogP contribution is 2.32. The molecular formula is C18H18F2N4O2. The molecule has 3 atom stereocenters. The maximum atomic E-state index is 13.6. The Kier molecular flexibility index (Phi) is 4.74. The van der Waals surface area contributed by atoms with Crippen LogP contribution in [0, 0.1) is 11.3 Å². The van der Waals surface area contributed by atoms with Crippen LogP contribution in [0.1, 0.15) is 13.3 Å². The minimum atomic E-state index is -3.08. The quantitative estimate of drug-likeness (QED) is 0.901. The first kappa shape index (κ1) is 18.0. The molecule has 8 heteroatoms. The van der Waals surface area contributed by atoms with Crippen LogP contribution in [0.3, 0.4) is 0 Å². The minimum absolute atomic E-state index is 0.495. The molecule has 1 aromatic carbocycles. The maximum absolute atomic E-state index is 13.6. The van der Waals surface area contributed by atoms with Gasteiger partial charge in [0.1, 0.15) is 23.9 Å². The summed E-state index contributed by atoms with van der Waals surface area (Å²) < 4.78 is 32.9. The summed E-state index contributed by atoms with van der Waals surface area (Å²) in [4.78, 5) is 17.6. The number of carbonyl (C=O) groups is 1. The fraction of sp³-hybridized carbons (Fsp3) is 0.389. The number of fused-ring (bicyclic) bond motifs is 1. The van der Waals surface area contributed by atoms with Gasteiger partial charge in [0.05, 0.1) is 18.1 Å². The fourth-order valence-electron chi connectivity index (χ4n) is 3.00. The van der Waals surface area contributed by atoms with Crippen molar-refractivity contribution in [2.75, 3.05) is 6.54 Å². The van der Waals surface area contributed by atoms with Crippen molar-refractivity contribution >= 4 is 16.8 Å². The van der Waals surface area contributed by atoms with Crippen molar-refractivity contribution in [3.63, 3.8) is 0 Å². The number of likely N-dealkylation sites (tertiary alicyclic amines) is 1. The van der Waals surface area contributed by atoms with E-state index in [-0.39, 0.29) is 0 Å². The summed E-state index contributed by atoms with van der Waals surface area (Å²) in [5.74, 6) is -3.31. The van der Waals surface area contributed by atoms with E-state index in [9.17, 15) is 13.6 Å². The lowest BCUT2D eigenvalue weighted by Crippen LogP contribution is -2.52. The van der Waals surface area contributed by atoms with E-state index >= 15 is 0 Å². The zero-order chi connectivity index (χ0) is 18.9. The molecule has 1 aliphatic heterocycles. The van der Waals surface area contributed by atoms with Crippen LogP contribution in [-0.4, -0.2) is 46.4 Å². The van der Waals surface area contributed by atoms with E-state index in [1.165, 1.54) is 0 Å². The monoisotopic (exact) mass is 360 g/mol. The molecule has 0 bridgehead atoms. The molecule has 0 radical (unpaired) electrons. The van der Waals surface area contributed by atoms with Gasteiger partial charge in [-0.05, 0) is 25.1 Å². The number of nitrogens with two attached hydrogens (primary N) is 1. The Morgan fingerprint density at radius 1 is 1.46 bits per heavy atom. The molecule has 2 aromatic rings. The highest BCUT2D eigenvalue weighted by Gasteiger charge is 2.48. The summed E-state index contributed by atoms with van der Waals surface area (Å²) in [6.07, 6.45) is 0.123. The van der Waals surface area contributed by atoms with Crippen LogP contribution < -0.4 is 10.5 Å². The van der Waals surface area contributed by atoms with E-state index in [4.69, 9.17) is 15.7 Å². The number of amides is 1. The van der Waals surface area contributed by atoms with Crippen molar-refractivity contribution in [2.45, 2.75) is 37.5 Å². The van der Waals surface area contributed by atoms with Gasteiger partial charge in [0, 0.05) is 18.0 Å². The van der Waals surface area contributed by atoms with Crippen LogP contribution in [0.4, 0.5) is 8.78 Å². The maximum Gasteiger partial charge on any atom is 0.268 e. The number of carbonyl (C=O) groups excluding carboxylic acids is 1. The molecule has 1 aromatic heterocycles. The lowest BCUT2D eigenvalue weighted by atomic mass is 10.1. The molecule has 2 heterocycles. The van der Waals surface area contributed by atoms with Gasteiger partial charge in [-0.15, -0.1) is 0 Å². The van der Waals surface area contributed by atoms with Crippen LogP contribution in [0.15, 0.2) is 36.5 Å². The Bertz CT molecular complexity index is 862. The number of aromatic nitrogens is 1. The number of pyridine rings is 1. The summed E-state index contributed by atoms with van der Waals surface area (Å²) in [7, 11) is 0. The molecule has 1 amide bonds. The number of nitriles is 1. The first-order chi connectivity index (χ1) is 12.3. The number of halogens is 2. The van der Waals surface area contributed by atoms with E-state index in [1.807, 2.05) is 24.3 Å². The fourth-order valence-corrected chi connectivity index (χ4v) is 3.00. The number of hydrogen-bond acceptors (Lipinski definition) is 5. The van der Waals surface area contributed by atoms with Gasteiger partial charge >= 0.3 is 0 Å². The van der Waals surface area contributed by atoms with Crippen LogP contribution in [-0.2, 0) is 4.79 Å². The third-order valence-electron chi connectivity index (χ3n) is 4.41.